The molecule has 154 valence electrons. The summed E-state index contributed by atoms with van der Waals surface area (Å²) in [5, 5.41) is 8.58. The molecule has 0 bridgehead atoms. The van der Waals surface area contributed by atoms with E-state index in [1.165, 1.54) is 89.9 Å². The lowest BCUT2D eigenvalue weighted by atomic mass is 10.0. The topological polar surface area (TPSA) is 41.2 Å². The first kappa shape index (κ1) is 23.7. The van der Waals surface area contributed by atoms with Crippen molar-refractivity contribution in [2.24, 2.45) is 0 Å². The van der Waals surface area contributed by atoms with Crippen LogP contribution in [0.4, 0.5) is 0 Å². The van der Waals surface area contributed by atoms with E-state index in [1.807, 2.05) is 0 Å². The molecule has 1 aromatic rings. The van der Waals surface area contributed by atoms with E-state index in [2.05, 4.69) is 35.2 Å². The number of rotatable bonds is 19. The number of hydrogen-bond donors (Lipinski definition) is 1. The fraction of sp³-hybridized carbons (Fsp3) is 0.750. The fourth-order valence-corrected chi connectivity index (χ4v) is 3.63. The maximum absolute atomic E-state index is 10.4. The Labute approximate surface area is 167 Å². The summed E-state index contributed by atoms with van der Waals surface area (Å²) in [6, 6.07) is 6.28. The Bertz CT molecular complexity index is 447. The summed E-state index contributed by atoms with van der Waals surface area (Å²) >= 11 is 0. The normalized spacial score (nSPS) is 11.0. The standard InChI is InChI=1S/C24H41NO2/c26-24(27)20-16-13-11-9-7-5-3-1-2-4-6-8-10-12-14-17-21-25-22-18-15-19-23-25/h15,18-19,22-23H,1-14,16-17,20-21H2/p+1. The van der Waals surface area contributed by atoms with Crippen LogP contribution in [0.25, 0.3) is 0 Å². The van der Waals surface area contributed by atoms with Crippen molar-refractivity contribution in [2.45, 2.75) is 116 Å². The first-order valence-electron chi connectivity index (χ1n) is 11.4. The van der Waals surface area contributed by atoms with Gasteiger partial charge >= 0.3 is 5.97 Å². The second-order valence-electron chi connectivity index (χ2n) is 7.91. The Morgan fingerprint density at radius 1 is 0.556 bits per heavy atom. The Morgan fingerprint density at radius 3 is 1.33 bits per heavy atom. The van der Waals surface area contributed by atoms with E-state index in [1.54, 1.807) is 0 Å². The lowest BCUT2D eigenvalue weighted by Gasteiger charge is -2.03. The first-order valence-corrected chi connectivity index (χ1v) is 11.4. The average Bonchev–Trinajstić information content (AvgIpc) is 2.67. The van der Waals surface area contributed by atoms with Crippen LogP contribution in [0.15, 0.2) is 30.6 Å². The number of pyridine rings is 1. The summed E-state index contributed by atoms with van der Waals surface area (Å²) in [6.45, 7) is 1.16. The second kappa shape index (κ2) is 18.0. The Balaban J connectivity index is 1.69. The molecule has 3 heteroatoms. The zero-order chi connectivity index (χ0) is 19.4. The van der Waals surface area contributed by atoms with E-state index in [-0.39, 0.29) is 0 Å². The minimum absolute atomic E-state index is 0.340. The molecule has 0 amide bonds. The van der Waals surface area contributed by atoms with Gasteiger partial charge in [-0.3, -0.25) is 4.79 Å². The van der Waals surface area contributed by atoms with Gasteiger partial charge in [-0.1, -0.05) is 89.5 Å². The first-order chi connectivity index (χ1) is 13.3. The van der Waals surface area contributed by atoms with Crippen molar-refractivity contribution in [3.8, 4) is 0 Å². The summed E-state index contributed by atoms with van der Waals surface area (Å²) in [7, 11) is 0. The summed E-state index contributed by atoms with van der Waals surface area (Å²) in [4.78, 5) is 10.4. The van der Waals surface area contributed by atoms with E-state index in [0.717, 1.165) is 19.4 Å². The van der Waals surface area contributed by atoms with Crippen LogP contribution < -0.4 is 4.57 Å². The number of nitrogens with zero attached hydrogens (tertiary/aromatic N) is 1. The minimum Gasteiger partial charge on any atom is -0.481 e. The summed E-state index contributed by atoms with van der Waals surface area (Å²) in [6.07, 6.45) is 25.6. The summed E-state index contributed by atoms with van der Waals surface area (Å²) in [5.74, 6) is -0.655. The number of carbonyl (C=O) groups is 1. The molecule has 0 radical (unpaired) electrons. The smallest absolute Gasteiger partial charge is 0.303 e. The fourth-order valence-electron chi connectivity index (χ4n) is 3.63. The predicted octanol–water partition coefficient (Wildman–Crippen LogP) is 6.69. The maximum Gasteiger partial charge on any atom is 0.303 e. The van der Waals surface area contributed by atoms with Gasteiger partial charge in [0.1, 0.15) is 6.54 Å². The quantitative estimate of drug-likeness (QED) is 0.216. The predicted molar refractivity (Wildman–Crippen MR) is 113 cm³/mol. The van der Waals surface area contributed by atoms with E-state index < -0.39 is 5.97 Å². The van der Waals surface area contributed by atoms with Gasteiger partial charge in [0, 0.05) is 25.0 Å². The van der Waals surface area contributed by atoms with Crippen LogP contribution in [-0.4, -0.2) is 11.1 Å². The third-order valence-electron chi connectivity index (χ3n) is 5.33. The van der Waals surface area contributed by atoms with Gasteiger partial charge in [-0.25, -0.2) is 4.57 Å². The van der Waals surface area contributed by atoms with E-state index in [4.69, 9.17) is 5.11 Å². The second-order valence-corrected chi connectivity index (χ2v) is 7.91. The van der Waals surface area contributed by atoms with Crippen molar-refractivity contribution in [3.05, 3.63) is 30.6 Å². The number of aromatic nitrogens is 1. The molecule has 0 saturated carbocycles. The zero-order valence-electron chi connectivity index (χ0n) is 17.4. The molecular formula is C24H42NO2+. The van der Waals surface area contributed by atoms with Gasteiger partial charge in [0.15, 0.2) is 12.4 Å². The van der Waals surface area contributed by atoms with E-state index in [9.17, 15) is 4.79 Å². The highest BCUT2D eigenvalue weighted by Crippen LogP contribution is 2.14. The zero-order valence-corrected chi connectivity index (χ0v) is 17.4. The molecule has 0 atom stereocenters. The van der Waals surface area contributed by atoms with Crippen LogP contribution in [0.3, 0.4) is 0 Å². The Morgan fingerprint density at radius 2 is 0.926 bits per heavy atom. The van der Waals surface area contributed by atoms with Crippen molar-refractivity contribution < 1.29 is 14.5 Å². The molecule has 1 N–H and O–H groups in total. The van der Waals surface area contributed by atoms with Crippen molar-refractivity contribution in [2.75, 3.05) is 0 Å². The molecule has 0 aliphatic rings. The minimum atomic E-state index is -0.655. The van der Waals surface area contributed by atoms with Crippen LogP contribution in [0.1, 0.15) is 109 Å². The van der Waals surface area contributed by atoms with Gasteiger partial charge in [-0.05, 0) is 12.8 Å². The summed E-state index contributed by atoms with van der Waals surface area (Å²) in [5.41, 5.74) is 0. The number of hydrogen-bond acceptors (Lipinski definition) is 1. The number of carboxylic acids is 1. The van der Waals surface area contributed by atoms with E-state index >= 15 is 0 Å². The molecule has 1 aromatic heterocycles. The number of unbranched alkanes of at least 4 members (excludes halogenated alkanes) is 15. The van der Waals surface area contributed by atoms with Gasteiger partial charge < -0.3 is 5.11 Å². The number of aliphatic carboxylic acids is 1. The number of carboxylic acid groups (broad SMARTS) is 1. The molecular weight excluding hydrogens is 334 g/mol. The molecule has 0 spiro atoms. The van der Waals surface area contributed by atoms with Crippen LogP contribution in [0, 0.1) is 0 Å². The van der Waals surface area contributed by atoms with Crippen LogP contribution in [0.2, 0.25) is 0 Å². The lowest BCUT2D eigenvalue weighted by Crippen LogP contribution is -2.32. The van der Waals surface area contributed by atoms with Crippen molar-refractivity contribution >= 4 is 5.97 Å². The third-order valence-corrected chi connectivity index (χ3v) is 5.33. The average molecular weight is 377 g/mol. The molecule has 0 aliphatic carbocycles. The highest BCUT2D eigenvalue weighted by molar-refractivity contribution is 5.66. The number of aryl methyl sites for hydroxylation is 1. The maximum atomic E-state index is 10.4. The van der Waals surface area contributed by atoms with Gasteiger partial charge in [0.05, 0.1) is 0 Å². The van der Waals surface area contributed by atoms with Gasteiger partial charge in [-0.2, -0.15) is 0 Å². The van der Waals surface area contributed by atoms with Crippen molar-refractivity contribution in [3.63, 3.8) is 0 Å². The van der Waals surface area contributed by atoms with Crippen molar-refractivity contribution in [1.29, 1.82) is 0 Å². The molecule has 1 rings (SSSR count). The van der Waals surface area contributed by atoms with Crippen molar-refractivity contribution in [1.82, 2.24) is 0 Å². The Kier molecular flexibility index (Phi) is 15.8. The van der Waals surface area contributed by atoms with Crippen LogP contribution in [0.5, 0.6) is 0 Å². The lowest BCUT2D eigenvalue weighted by molar-refractivity contribution is -0.697. The SMILES string of the molecule is O=C(O)CCCCCCCCCCCCCCCCCC[n+]1ccccc1. The molecule has 1 heterocycles. The highest BCUT2D eigenvalue weighted by atomic mass is 16.4. The van der Waals surface area contributed by atoms with E-state index in [0.29, 0.717) is 6.42 Å². The van der Waals surface area contributed by atoms with Gasteiger partial charge in [-0.15, -0.1) is 0 Å². The largest absolute Gasteiger partial charge is 0.481 e. The molecule has 0 unspecified atom stereocenters. The molecule has 0 aliphatic heterocycles. The van der Waals surface area contributed by atoms with Crippen LogP contribution in [-0.2, 0) is 11.3 Å². The molecule has 0 aromatic carbocycles. The monoisotopic (exact) mass is 376 g/mol. The molecule has 27 heavy (non-hydrogen) atoms. The highest BCUT2D eigenvalue weighted by Gasteiger charge is 1.99. The third kappa shape index (κ3) is 16.5. The molecule has 3 nitrogen and oxygen atoms in total. The van der Waals surface area contributed by atoms with Crippen LogP contribution >= 0.6 is 0 Å². The summed E-state index contributed by atoms with van der Waals surface area (Å²) < 4.78 is 2.28. The molecule has 0 fully saturated rings. The Hall–Kier alpha value is -1.38. The van der Waals surface area contributed by atoms with Gasteiger partial charge in [0.2, 0.25) is 0 Å². The van der Waals surface area contributed by atoms with Gasteiger partial charge in [0.25, 0.3) is 0 Å². The molecule has 0 saturated heterocycles.